The summed E-state index contributed by atoms with van der Waals surface area (Å²) in [6.45, 7) is 5.04. The Bertz CT molecular complexity index is 136. The zero-order valence-electron chi connectivity index (χ0n) is 10.5. The van der Waals surface area contributed by atoms with Crippen LogP contribution in [0.25, 0.3) is 0 Å². The number of aliphatic hydroxyl groups excluding tert-OH is 2. The predicted molar refractivity (Wildman–Crippen MR) is 64.9 cm³/mol. The third kappa shape index (κ3) is 6.16. The molecule has 0 saturated heterocycles. The van der Waals surface area contributed by atoms with Crippen LogP contribution < -0.4 is 0 Å². The van der Waals surface area contributed by atoms with Crippen molar-refractivity contribution in [3.05, 3.63) is 0 Å². The van der Waals surface area contributed by atoms with Crippen LogP contribution in [-0.2, 0) is 0 Å². The van der Waals surface area contributed by atoms with Crippen LogP contribution in [0.5, 0.6) is 0 Å². The lowest BCUT2D eigenvalue weighted by Gasteiger charge is -2.32. The Hall–Kier alpha value is -0.0800. The van der Waals surface area contributed by atoms with E-state index in [0.717, 1.165) is 32.1 Å². The zero-order chi connectivity index (χ0) is 11.6. The molecule has 0 spiro atoms. The van der Waals surface area contributed by atoms with Gasteiger partial charge in [-0.1, -0.05) is 39.5 Å². The zero-order valence-corrected chi connectivity index (χ0v) is 10.5. The van der Waals surface area contributed by atoms with Gasteiger partial charge in [0.15, 0.2) is 0 Å². The summed E-state index contributed by atoms with van der Waals surface area (Å²) in [5.41, 5.74) is 0.333. The minimum Gasteiger partial charge on any atom is -0.396 e. The number of aliphatic hydroxyl groups is 2. The summed E-state index contributed by atoms with van der Waals surface area (Å²) >= 11 is 0. The van der Waals surface area contributed by atoms with Gasteiger partial charge < -0.3 is 10.2 Å². The molecule has 0 aliphatic carbocycles. The van der Waals surface area contributed by atoms with Crippen LogP contribution in [0.3, 0.4) is 0 Å². The van der Waals surface area contributed by atoms with Crippen LogP contribution >= 0.6 is 0 Å². The van der Waals surface area contributed by atoms with Gasteiger partial charge in [0.25, 0.3) is 0 Å². The average molecular weight is 216 g/mol. The molecule has 0 aliphatic rings. The smallest absolute Gasteiger partial charge is 0.0436 e. The van der Waals surface area contributed by atoms with Crippen molar-refractivity contribution in [1.82, 2.24) is 0 Å². The van der Waals surface area contributed by atoms with Gasteiger partial charge in [-0.2, -0.15) is 0 Å². The number of unbranched alkanes of at least 4 members (excludes halogenated alkanes) is 2. The monoisotopic (exact) mass is 216 g/mol. The summed E-state index contributed by atoms with van der Waals surface area (Å²) in [4.78, 5) is 0. The van der Waals surface area contributed by atoms with Gasteiger partial charge in [-0.3, -0.25) is 0 Å². The van der Waals surface area contributed by atoms with Crippen molar-refractivity contribution in [1.29, 1.82) is 0 Å². The van der Waals surface area contributed by atoms with Gasteiger partial charge >= 0.3 is 0 Å². The third-order valence-electron chi connectivity index (χ3n) is 3.57. The molecular formula is C13H28O2. The van der Waals surface area contributed by atoms with Gasteiger partial charge in [-0.25, -0.2) is 0 Å². The van der Waals surface area contributed by atoms with Gasteiger partial charge in [-0.05, 0) is 31.1 Å². The highest BCUT2D eigenvalue weighted by Crippen LogP contribution is 2.37. The topological polar surface area (TPSA) is 40.5 Å². The summed E-state index contributed by atoms with van der Waals surface area (Å²) in [5.74, 6) is 0. The Morgan fingerprint density at radius 2 is 1.47 bits per heavy atom. The first kappa shape index (κ1) is 14.9. The van der Waals surface area contributed by atoms with Crippen molar-refractivity contribution in [3.63, 3.8) is 0 Å². The van der Waals surface area contributed by atoms with Gasteiger partial charge in [0.05, 0.1) is 0 Å². The minimum absolute atomic E-state index is 0.298. The van der Waals surface area contributed by atoms with Crippen molar-refractivity contribution < 1.29 is 10.2 Å². The van der Waals surface area contributed by atoms with Crippen molar-refractivity contribution in [2.75, 3.05) is 13.2 Å². The van der Waals surface area contributed by atoms with Crippen molar-refractivity contribution in [2.45, 2.75) is 65.2 Å². The summed E-state index contributed by atoms with van der Waals surface area (Å²) in [7, 11) is 0. The predicted octanol–water partition coefficient (Wildman–Crippen LogP) is 3.12. The highest BCUT2D eigenvalue weighted by atomic mass is 16.3. The second-order valence-electron chi connectivity index (χ2n) is 4.61. The van der Waals surface area contributed by atoms with E-state index in [0.29, 0.717) is 18.6 Å². The first-order chi connectivity index (χ1) is 7.24. The lowest BCUT2D eigenvalue weighted by atomic mass is 9.74. The molecule has 0 rings (SSSR count). The first-order valence-electron chi connectivity index (χ1n) is 6.46. The molecule has 1 atom stereocenters. The molecular weight excluding hydrogens is 188 g/mol. The SMILES string of the molecule is CCCCC(CC)(CCO)CCCCO. The van der Waals surface area contributed by atoms with E-state index in [1.54, 1.807) is 0 Å². The van der Waals surface area contributed by atoms with Crippen molar-refractivity contribution in [3.8, 4) is 0 Å². The molecule has 0 radical (unpaired) electrons. The maximum atomic E-state index is 9.14. The maximum absolute atomic E-state index is 9.14. The highest BCUT2D eigenvalue weighted by Gasteiger charge is 2.26. The largest absolute Gasteiger partial charge is 0.396 e. The van der Waals surface area contributed by atoms with E-state index in [-0.39, 0.29) is 0 Å². The lowest BCUT2D eigenvalue weighted by Crippen LogP contribution is -2.21. The van der Waals surface area contributed by atoms with Crippen LogP contribution in [0.4, 0.5) is 0 Å². The normalized spacial score (nSPS) is 15.2. The number of rotatable bonds is 10. The molecule has 0 aliphatic heterocycles. The van der Waals surface area contributed by atoms with Crippen LogP contribution in [0.15, 0.2) is 0 Å². The summed E-state index contributed by atoms with van der Waals surface area (Å²) in [6, 6.07) is 0. The molecule has 2 nitrogen and oxygen atoms in total. The van der Waals surface area contributed by atoms with E-state index in [2.05, 4.69) is 13.8 Å². The second kappa shape index (κ2) is 9.17. The minimum atomic E-state index is 0.298. The van der Waals surface area contributed by atoms with Crippen molar-refractivity contribution in [2.24, 2.45) is 5.41 Å². The molecule has 15 heavy (non-hydrogen) atoms. The molecule has 0 aromatic heterocycles. The Kier molecular flexibility index (Phi) is 9.12. The third-order valence-corrected chi connectivity index (χ3v) is 3.57. The Morgan fingerprint density at radius 1 is 0.800 bits per heavy atom. The van der Waals surface area contributed by atoms with Gasteiger partial charge in [0.1, 0.15) is 0 Å². The standard InChI is InChI=1S/C13H28O2/c1-3-5-8-13(4-2,10-12-15)9-6-7-11-14/h14-15H,3-12H2,1-2H3. The lowest BCUT2D eigenvalue weighted by molar-refractivity contribution is 0.140. The highest BCUT2D eigenvalue weighted by molar-refractivity contribution is 4.77. The van der Waals surface area contributed by atoms with E-state index >= 15 is 0 Å². The quantitative estimate of drug-likeness (QED) is 0.551. The van der Waals surface area contributed by atoms with E-state index in [4.69, 9.17) is 10.2 Å². The van der Waals surface area contributed by atoms with E-state index < -0.39 is 0 Å². The molecule has 0 heterocycles. The number of hydrogen-bond acceptors (Lipinski definition) is 2. The van der Waals surface area contributed by atoms with Crippen LogP contribution in [0, 0.1) is 5.41 Å². The molecule has 92 valence electrons. The first-order valence-corrected chi connectivity index (χ1v) is 6.46. The van der Waals surface area contributed by atoms with Gasteiger partial charge in [-0.15, -0.1) is 0 Å². The number of hydrogen-bond donors (Lipinski definition) is 2. The summed E-state index contributed by atoms with van der Waals surface area (Å²) in [6.07, 6.45) is 8.94. The van der Waals surface area contributed by atoms with E-state index in [1.165, 1.54) is 19.3 Å². The fourth-order valence-corrected chi connectivity index (χ4v) is 2.31. The summed E-state index contributed by atoms with van der Waals surface area (Å²) in [5, 5.41) is 17.9. The fourth-order valence-electron chi connectivity index (χ4n) is 2.31. The van der Waals surface area contributed by atoms with E-state index in [1.807, 2.05) is 0 Å². The van der Waals surface area contributed by atoms with Crippen molar-refractivity contribution >= 4 is 0 Å². The molecule has 0 saturated carbocycles. The molecule has 0 fully saturated rings. The molecule has 0 aromatic carbocycles. The molecule has 0 aromatic rings. The van der Waals surface area contributed by atoms with Crippen LogP contribution in [0.2, 0.25) is 0 Å². The fraction of sp³-hybridized carbons (Fsp3) is 1.00. The average Bonchev–Trinajstić information content (AvgIpc) is 2.26. The van der Waals surface area contributed by atoms with E-state index in [9.17, 15) is 0 Å². The van der Waals surface area contributed by atoms with Gasteiger partial charge in [0, 0.05) is 13.2 Å². The molecule has 2 heteroatoms. The van der Waals surface area contributed by atoms with Crippen LogP contribution in [0.1, 0.15) is 65.2 Å². The summed E-state index contributed by atoms with van der Waals surface area (Å²) < 4.78 is 0. The second-order valence-corrected chi connectivity index (χ2v) is 4.61. The van der Waals surface area contributed by atoms with Crippen LogP contribution in [-0.4, -0.2) is 23.4 Å². The maximum Gasteiger partial charge on any atom is 0.0436 e. The molecule has 2 N–H and O–H groups in total. The Morgan fingerprint density at radius 3 is 1.93 bits per heavy atom. The molecule has 0 amide bonds. The Labute approximate surface area is 94.7 Å². The van der Waals surface area contributed by atoms with Gasteiger partial charge in [0.2, 0.25) is 0 Å². The molecule has 1 unspecified atom stereocenters. The Balaban J connectivity index is 4.09. The molecule has 0 bridgehead atoms.